The lowest BCUT2D eigenvalue weighted by Crippen LogP contribution is -2.28. The van der Waals surface area contributed by atoms with Gasteiger partial charge in [0, 0.05) is 16.8 Å². The first kappa shape index (κ1) is 24.6. The van der Waals surface area contributed by atoms with Crippen molar-refractivity contribution in [2.75, 3.05) is 0 Å². The van der Waals surface area contributed by atoms with Gasteiger partial charge in [0.05, 0.1) is 30.1 Å². The van der Waals surface area contributed by atoms with Crippen molar-refractivity contribution < 1.29 is 22.3 Å². The van der Waals surface area contributed by atoms with E-state index in [1.807, 2.05) is 0 Å². The molecule has 4 aromatic rings. The Bertz CT molecular complexity index is 1630. The van der Waals surface area contributed by atoms with Crippen LogP contribution in [0.2, 0.25) is 5.02 Å². The maximum atomic E-state index is 13.6. The van der Waals surface area contributed by atoms with Crippen molar-refractivity contribution in [3.63, 3.8) is 0 Å². The number of nitriles is 1. The third-order valence-electron chi connectivity index (χ3n) is 4.80. The fourth-order valence-corrected chi connectivity index (χ4v) is 3.41. The number of hydrogen-bond acceptors (Lipinski definition) is 6. The predicted octanol–water partition coefficient (Wildman–Crippen LogP) is 4.52. The number of alkyl halides is 3. The number of halogens is 5. The summed E-state index contributed by atoms with van der Waals surface area (Å²) in [4.78, 5) is 35.3. The van der Waals surface area contributed by atoms with Gasteiger partial charge >= 0.3 is 6.18 Å². The number of H-pyrrole nitrogens is 1. The van der Waals surface area contributed by atoms with Gasteiger partial charge in [-0.2, -0.15) is 18.4 Å². The fourth-order valence-electron chi connectivity index (χ4n) is 3.18. The number of ether oxygens (including phenoxy) is 1. The van der Waals surface area contributed by atoms with E-state index in [0.29, 0.717) is 11.9 Å². The number of aromatic nitrogens is 4. The van der Waals surface area contributed by atoms with Gasteiger partial charge in [0.2, 0.25) is 5.75 Å². The molecule has 0 atom stereocenters. The van der Waals surface area contributed by atoms with Gasteiger partial charge in [-0.1, -0.05) is 23.7 Å². The number of aromatic amines is 1. The van der Waals surface area contributed by atoms with Crippen LogP contribution in [0.1, 0.15) is 16.8 Å². The van der Waals surface area contributed by atoms with Crippen molar-refractivity contribution in [2.45, 2.75) is 12.7 Å². The summed E-state index contributed by atoms with van der Waals surface area (Å²) in [5.41, 5.74) is -3.35. The maximum absolute atomic E-state index is 13.6. The van der Waals surface area contributed by atoms with E-state index in [2.05, 4.69) is 15.0 Å². The van der Waals surface area contributed by atoms with Gasteiger partial charge < -0.3 is 9.72 Å². The molecule has 0 amide bonds. The SMILES string of the molecule is N#Cc1cc(Cl)cc(Oc2c(C(F)(F)F)ncn(Cc3cnc(-c4cccc(F)c4)[nH]c3=O)c2=O)c1. The van der Waals surface area contributed by atoms with Crippen LogP contribution in [0.5, 0.6) is 11.5 Å². The number of nitrogens with zero attached hydrogens (tertiary/aromatic N) is 4. The van der Waals surface area contributed by atoms with Crippen molar-refractivity contribution in [3.8, 4) is 29.0 Å². The van der Waals surface area contributed by atoms with Gasteiger partial charge in [0.1, 0.15) is 17.4 Å². The van der Waals surface area contributed by atoms with E-state index in [0.717, 1.165) is 29.0 Å². The first-order valence-corrected chi connectivity index (χ1v) is 10.3. The van der Waals surface area contributed by atoms with E-state index in [1.165, 1.54) is 24.3 Å². The summed E-state index contributed by atoms with van der Waals surface area (Å²) in [7, 11) is 0. The lowest BCUT2D eigenvalue weighted by Gasteiger charge is -2.15. The standard InChI is InChI=1S/C23H12ClF4N5O3/c24-15-4-12(8-29)5-17(7-15)36-18-19(23(26,27)28)31-11-33(22(18)35)10-14-9-30-20(32-21(14)34)13-2-1-3-16(25)6-13/h1-7,9,11H,10H2,(H,30,32,34). The van der Waals surface area contributed by atoms with E-state index < -0.39 is 41.1 Å². The molecule has 0 saturated heterocycles. The van der Waals surface area contributed by atoms with Crippen LogP contribution in [0.15, 0.2) is 64.6 Å². The molecule has 0 saturated carbocycles. The molecule has 0 radical (unpaired) electrons. The average molecular weight is 518 g/mol. The lowest BCUT2D eigenvalue weighted by molar-refractivity contribution is -0.142. The molecule has 8 nitrogen and oxygen atoms in total. The molecule has 2 aromatic carbocycles. The topological polar surface area (TPSA) is 114 Å². The summed E-state index contributed by atoms with van der Waals surface area (Å²) in [5.74, 6) is -1.95. The Morgan fingerprint density at radius 1 is 1.14 bits per heavy atom. The Balaban J connectivity index is 1.73. The molecule has 0 bridgehead atoms. The molecular formula is C23H12ClF4N5O3. The van der Waals surface area contributed by atoms with Gasteiger partial charge in [-0.25, -0.2) is 14.4 Å². The number of nitrogens with one attached hydrogen (secondary N) is 1. The molecule has 2 aromatic heterocycles. The van der Waals surface area contributed by atoms with Crippen LogP contribution in [0, 0.1) is 17.1 Å². The molecule has 36 heavy (non-hydrogen) atoms. The highest BCUT2D eigenvalue weighted by molar-refractivity contribution is 6.30. The largest absolute Gasteiger partial charge is 0.449 e. The van der Waals surface area contributed by atoms with Crippen LogP contribution in [-0.2, 0) is 12.7 Å². The zero-order chi connectivity index (χ0) is 26.0. The van der Waals surface area contributed by atoms with Crippen molar-refractivity contribution in [2.24, 2.45) is 0 Å². The maximum Gasteiger partial charge on any atom is 0.437 e. The molecule has 0 aliphatic rings. The van der Waals surface area contributed by atoms with E-state index in [4.69, 9.17) is 21.6 Å². The van der Waals surface area contributed by atoms with E-state index >= 15 is 0 Å². The molecule has 0 fully saturated rings. The summed E-state index contributed by atoms with van der Waals surface area (Å²) in [5, 5.41) is 9.05. The number of benzene rings is 2. The first-order valence-electron chi connectivity index (χ1n) is 9.94. The summed E-state index contributed by atoms with van der Waals surface area (Å²) < 4.78 is 60.0. The van der Waals surface area contributed by atoms with Gasteiger partial charge in [-0.15, -0.1) is 0 Å². The summed E-state index contributed by atoms with van der Waals surface area (Å²) in [6.45, 7) is -0.495. The van der Waals surface area contributed by atoms with E-state index in [9.17, 15) is 27.2 Å². The zero-order valence-corrected chi connectivity index (χ0v) is 18.6. The van der Waals surface area contributed by atoms with Gasteiger partial charge in [0.15, 0.2) is 5.69 Å². The van der Waals surface area contributed by atoms with Gasteiger partial charge in [-0.05, 0) is 30.3 Å². The van der Waals surface area contributed by atoms with Crippen LogP contribution in [0.4, 0.5) is 17.6 Å². The first-order chi connectivity index (χ1) is 17.0. The van der Waals surface area contributed by atoms with Crippen molar-refractivity contribution in [1.29, 1.82) is 5.26 Å². The van der Waals surface area contributed by atoms with Crippen LogP contribution < -0.4 is 15.9 Å². The summed E-state index contributed by atoms with van der Waals surface area (Å²) in [6, 6.07) is 10.6. The fraction of sp³-hybridized carbons (Fsp3) is 0.0870. The third-order valence-corrected chi connectivity index (χ3v) is 5.02. The quantitative estimate of drug-likeness (QED) is 0.389. The van der Waals surface area contributed by atoms with E-state index in [-0.39, 0.29) is 27.7 Å². The second-order valence-electron chi connectivity index (χ2n) is 7.34. The molecule has 0 spiro atoms. The van der Waals surface area contributed by atoms with Crippen LogP contribution >= 0.6 is 11.6 Å². The Morgan fingerprint density at radius 2 is 1.92 bits per heavy atom. The molecule has 0 unspecified atom stereocenters. The summed E-state index contributed by atoms with van der Waals surface area (Å²) in [6.07, 6.45) is -3.31. The monoisotopic (exact) mass is 517 g/mol. The molecule has 182 valence electrons. The van der Waals surface area contributed by atoms with Crippen LogP contribution in [0.25, 0.3) is 11.4 Å². The zero-order valence-electron chi connectivity index (χ0n) is 17.8. The summed E-state index contributed by atoms with van der Waals surface area (Å²) >= 11 is 5.87. The van der Waals surface area contributed by atoms with E-state index in [1.54, 1.807) is 6.07 Å². The minimum Gasteiger partial charge on any atom is -0.449 e. The average Bonchev–Trinajstić information content (AvgIpc) is 2.81. The molecule has 1 N–H and O–H groups in total. The van der Waals surface area contributed by atoms with Gasteiger partial charge in [-0.3, -0.25) is 14.2 Å². The second kappa shape index (κ2) is 9.63. The highest BCUT2D eigenvalue weighted by atomic mass is 35.5. The van der Waals surface area contributed by atoms with Crippen LogP contribution in [0.3, 0.4) is 0 Å². The molecule has 0 aliphatic heterocycles. The number of hydrogen-bond donors (Lipinski definition) is 1. The molecule has 13 heteroatoms. The molecule has 4 rings (SSSR count). The second-order valence-corrected chi connectivity index (χ2v) is 7.78. The normalized spacial score (nSPS) is 11.2. The minimum atomic E-state index is -5.05. The smallest absolute Gasteiger partial charge is 0.437 e. The Morgan fingerprint density at radius 3 is 2.58 bits per heavy atom. The molecule has 2 heterocycles. The third kappa shape index (κ3) is 5.26. The van der Waals surface area contributed by atoms with Crippen molar-refractivity contribution >= 4 is 11.6 Å². The Labute approximate surface area is 204 Å². The van der Waals surface area contributed by atoms with Crippen molar-refractivity contribution in [3.05, 3.63) is 103 Å². The minimum absolute atomic E-state index is 0.00202. The highest BCUT2D eigenvalue weighted by Gasteiger charge is 2.38. The molecular weight excluding hydrogens is 506 g/mol. The van der Waals surface area contributed by atoms with Gasteiger partial charge in [0.25, 0.3) is 11.1 Å². The predicted molar refractivity (Wildman–Crippen MR) is 119 cm³/mol. The highest BCUT2D eigenvalue weighted by Crippen LogP contribution is 2.35. The van der Waals surface area contributed by atoms with Crippen molar-refractivity contribution in [1.82, 2.24) is 19.5 Å². The number of rotatable bonds is 5. The lowest BCUT2D eigenvalue weighted by atomic mass is 10.2. The Kier molecular flexibility index (Phi) is 6.59. The Hall–Kier alpha value is -4.50. The van der Waals surface area contributed by atoms with Crippen LogP contribution in [-0.4, -0.2) is 19.5 Å². The molecule has 0 aliphatic carbocycles.